The van der Waals surface area contributed by atoms with E-state index in [4.69, 9.17) is 3.47 Å². The van der Waals surface area contributed by atoms with Gasteiger partial charge >= 0.3 is 48.8 Å². The third kappa shape index (κ3) is 10.7. The molecule has 0 aliphatic rings. The van der Waals surface area contributed by atoms with Crippen molar-refractivity contribution >= 4 is 0 Å². The van der Waals surface area contributed by atoms with Gasteiger partial charge in [0.1, 0.15) is 0 Å². The Bertz CT molecular complexity index is 8.00. The summed E-state index contributed by atoms with van der Waals surface area (Å²) in [5.74, 6) is 0. The van der Waals surface area contributed by atoms with Crippen LogP contribution in [0.15, 0.2) is 0 Å². The van der Waals surface area contributed by atoms with Gasteiger partial charge in [0.25, 0.3) is 0 Å². The summed E-state index contributed by atoms with van der Waals surface area (Å²) in [4.78, 5) is 0. The second-order valence-corrected chi connectivity index (χ2v) is 0. The Balaban J connectivity index is 0. The number of rotatable bonds is 0. The fourth-order valence-electron chi connectivity index (χ4n) is 0. The van der Waals surface area contributed by atoms with Gasteiger partial charge in [-0.1, -0.05) is 0 Å². The summed E-state index contributed by atoms with van der Waals surface area (Å²) >= 11 is 3.78. The Morgan fingerprint density at radius 2 is 1.50 bits per heavy atom. The SMILES string of the molecule is [CH3][Au].[O]=[Pd]. The van der Waals surface area contributed by atoms with Gasteiger partial charge in [0.15, 0.2) is 0 Å². The van der Waals surface area contributed by atoms with Crippen molar-refractivity contribution in [1.82, 2.24) is 0 Å². The average molecular weight is 334 g/mol. The van der Waals surface area contributed by atoms with Crippen molar-refractivity contribution in [3.05, 3.63) is 0 Å². The fraction of sp³-hybridized carbons (Fsp3) is 1.00. The molecule has 34 valence electrons. The predicted molar refractivity (Wildman–Crippen MR) is 6.55 cm³/mol. The molecule has 0 aromatic rings. The van der Waals surface area contributed by atoms with Crippen molar-refractivity contribution in [3.63, 3.8) is 0 Å². The Kier molecular flexibility index (Phi) is 66.8. The minimum absolute atomic E-state index is 1.50. The summed E-state index contributed by atoms with van der Waals surface area (Å²) in [7, 11) is 0. The van der Waals surface area contributed by atoms with Crippen molar-refractivity contribution in [3.8, 4) is 0 Å². The normalized spacial score (nSPS) is 3.25. The standard InChI is InChI=1S/CH3.Au.O.Pd/h1H3;;;. The molecule has 0 fully saturated rings. The molecule has 4 heavy (non-hydrogen) atoms. The summed E-state index contributed by atoms with van der Waals surface area (Å²) in [5.41, 5.74) is 0. The van der Waals surface area contributed by atoms with E-state index in [0.29, 0.717) is 0 Å². The van der Waals surface area contributed by atoms with Gasteiger partial charge in [0, 0.05) is 0 Å². The van der Waals surface area contributed by atoms with Crippen LogP contribution in [0.5, 0.6) is 0 Å². The first-order valence-electron chi connectivity index (χ1n) is 0.431. The Labute approximate surface area is 48.8 Å². The Hall–Kier alpha value is 1.20. The van der Waals surface area contributed by atoms with Gasteiger partial charge in [-0.2, -0.15) is 0 Å². The summed E-state index contributed by atoms with van der Waals surface area (Å²) in [6, 6.07) is 0. The molecule has 0 rings (SSSR count). The van der Waals surface area contributed by atoms with E-state index in [2.05, 4.69) is 21.1 Å². The molecule has 0 atom stereocenters. The molecule has 0 saturated carbocycles. The molecule has 0 aromatic carbocycles. The van der Waals surface area contributed by atoms with Crippen LogP contribution in [-0.2, 0) is 43.7 Å². The van der Waals surface area contributed by atoms with Gasteiger partial charge in [-0.05, 0) is 0 Å². The number of hydrogen-bond donors (Lipinski definition) is 0. The predicted octanol–water partition coefficient (Wildman–Crippen LogP) is 0.460. The molecule has 3 heteroatoms. The zero-order valence-electron chi connectivity index (χ0n) is 2.03. The second-order valence-electron chi connectivity index (χ2n) is 0. The number of hydrogen-bond acceptors (Lipinski definition) is 1. The molecular formula is CH3AuOPd. The third-order valence-corrected chi connectivity index (χ3v) is 0. The van der Waals surface area contributed by atoms with Gasteiger partial charge < -0.3 is 0 Å². The molecular weight excluding hydrogens is 331 g/mol. The summed E-state index contributed by atoms with van der Waals surface area (Å²) < 4.78 is 8.10. The van der Waals surface area contributed by atoms with Gasteiger partial charge in [0.05, 0.1) is 0 Å². The molecule has 1 nitrogen and oxygen atoms in total. The molecule has 0 aliphatic carbocycles. The second kappa shape index (κ2) is 29.8. The fourth-order valence-corrected chi connectivity index (χ4v) is 0. The minimum atomic E-state index is 1.50. The van der Waals surface area contributed by atoms with E-state index in [-0.39, 0.29) is 0 Å². The van der Waals surface area contributed by atoms with Crippen molar-refractivity contribution in [2.24, 2.45) is 0 Å². The molecule has 0 bridgehead atoms. The van der Waals surface area contributed by atoms with Gasteiger partial charge in [0.2, 0.25) is 0 Å². The Morgan fingerprint density at radius 3 is 1.50 bits per heavy atom. The van der Waals surface area contributed by atoms with Crippen LogP contribution < -0.4 is 0 Å². The molecule has 0 saturated heterocycles. The first kappa shape index (κ1) is 8.96. The van der Waals surface area contributed by atoms with Crippen LogP contribution in [-0.4, -0.2) is 0 Å². The van der Waals surface area contributed by atoms with Crippen LogP contribution in [0.4, 0.5) is 0 Å². The first-order chi connectivity index (χ1) is 2.00. The topological polar surface area (TPSA) is 17.1 Å². The third-order valence-electron chi connectivity index (χ3n) is 0. The van der Waals surface area contributed by atoms with E-state index >= 15 is 0 Å². The molecule has 0 radical (unpaired) electrons. The molecule has 0 aliphatic heterocycles. The van der Waals surface area contributed by atoms with E-state index in [0.717, 1.165) is 0 Å². The summed E-state index contributed by atoms with van der Waals surface area (Å²) in [5, 5.41) is 1.94. The molecule has 0 unspecified atom stereocenters. The van der Waals surface area contributed by atoms with Crippen LogP contribution >= 0.6 is 0 Å². The van der Waals surface area contributed by atoms with Gasteiger partial charge in [-0.3, -0.25) is 0 Å². The molecule has 0 aromatic heterocycles. The quantitative estimate of drug-likeness (QED) is 0.588. The zero-order chi connectivity index (χ0) is 4.00. The average Bonchev–Trinajstić information content (AvgIpc) is 1.50. The summed E-state index contributed by atoms with van der Waals surface area (Å²) in [6.45, 7) is 0. The van der Waals surface area contributed by atoms with Crippen molar-refractivity contribution in [1.29, 1.82) is 0 Å². The van der Waals surface area contributed by atoms with E-state index < -0.39 is 0 Å². The molecule has 0 N–H and O–H groups in total. The van der Waals surface area contributed by atoms with Gasteiger partial charge in [-0.15, -0.1) is 0 Å². The van der Waals surface area contributed by atoms with Crippen molar-refractivity contribution in [2.75, 3.05) is 0 Å². The van der Waals surface area contributed by atoms with Crippen molar-refractivity contribution < 1.29 is 43.7 Å². The van der Waals surface area contributed by atoms with Crippen molar-refractivity contribution in [2.45, 2.75) is 5.14 Å². The Morgan fingerprint density at radius 1 is 1.50 bits per heavy atom. The van der Waals surface area contributed by atoms with Crippen LogP contribution in [0.3, 0.4) is 0 Å². The maximum atomic E-state index is 8.10. The van der Waals surface area contributed by atoms with E-state index in [9.17, 15) is 0 Å². The van der Waals surface area contributed by atoms with Crippen LogP contribution in [0.25, 0.3) is 0 Å². The first-order valence-corrected chi connectivity index (χ1v) is 3.23. The van der Waals surface area contributed by atoms with Crippen LogP contribution in [0.2, 0.25) is 5.14 Å². The molecule has 0 heterocycles. The molecule has 0 spiro atoms. The zero-order valence-corrected chi connectivity index (χ0v) is 5.75. The van der Waals surface area contributed by atoms with E-state index in [1.807, 2.05) is 5.14 Å². The summed E-state index contributed by atoms with van der Waals surface area (Å²) in [6.07, 6.45) is 0. The van der Waals surface area contributed by atoms with Crippen LogP contribution in [0.1, 0.15) is 0 Å². The van der Waals surface area contributed by atoms with E-state index in [1.165, 1.54) is 19.2 Å². The van der Waals surface area contributed by atoms with E-state index in [1.54, 1.807) is 0 Å². The van der Waals surface area contributed by atoms with Crippen LogP contribution in [0, 0.1) is 0 Å². The maximum absolute atomic E-state index is 8.10. The molecule has 0 amide bonds. The van der Waals surface area contributed by atoms with Gasteiger partial charge in [-0.25, -0.2) is 0 Å². The monoisotopic (exact) mass is 334 g/mol.